The molecule has 2 aliphatic rings. The first-order chi connectivity index (χ1) is 28.2. The first-order valence-corrected chi connectivity index (χ1v) is 18.5. The zero-order valence-corrected chi connectivity index (χ0v) is 31.8. The molecule has 16 nitrogen and oxygen atoms in total. The van der Waals surface area contributed by atoms with E-state index >= 15 is 0 Å². The molecule has 6 N–H and O–H groups in total. The van der Waals surface area contributed by atoms with E-state index in [0.717, 1.165) is 45.9 Å². The molecule has 6 aromatic rings. The summed E-state index contributed by atoms with van der Waals surface area (Å²) in [5.41, 5.74) is 17.7. The highest BCUT2D eigenvalue weighted by atomic mass is 16.5. The Labute approximate surface area is 334 Å². The second kappa shape index (κ2) is 17.3. The van der Waals surface area contributed by atoms with E-state index < -0.39 is 0 Å². The van der Waals surface area contributed by atoms with Gasteiger partial charge in [-0.1, -0.05) is 0 Å². The minimum atomic E-state index is -0.248. The van der Waals surface area contributed by atoms with E-state index in [4.69, 9.17) is 34.1 Å². The third-order valence-corrected chi connectivity index (χ3v) is 10.0. The molecule has 4 atom stereocenters. The van der Waals surface area contributed by atoms with E-state index in [1.165, 1.54) is 0 Å². The van der Waals surface area contributed by atoms with Crippen molar-refractivity contribution in [3.63, 3.8) is 0 Å². The standard InChI is InChI=1S/2C21H20N6O2/c2*1-23-17-9-14(17)21(28)27-19-8-13-7-18(26-20(22)16(13)11-25-19)15-10-24-5-3-12(15)4-6-29-2/h2*3,5,7-8,10-11,14,17H,4,6,9H2,2H3,(H2,22,26)(H,25,27,28)/t2*14-,17-/m10/s1. The number of hydrogen-bond donors (Lipinski definition) is 4. The highest BCUT2D eigenvalue weighted by molar-refractivity contribution is 6.00. The number of methoxy groups -OCH3 is 2. The van der Waals surface area contributed by atoms with Crippen molar-refractivity contribution in [2.75, 3.05) is 49.5 Å². The van der Waals surface area contributed by atoms with E-state index in [9.17, 15) is 9.59 Å². The van der Waals surface area contributed by atoms with Crippen LogP contribution < -0.4 is 22.1 Å². The molecule has 292 valence electrons. The number of fused-ring (bicyclic) bond motifs is 2. The highest BCUT2D eigenvalue weighted by Gasteiger charge is 2.50. The van der Waals surface area contributed by atoms with Gasteiger partial charge < -0.3 is 41.3 Å². The van der Waals surface area contributed by atoms with Crippen LogP contribution in [0.4, 0.5) is 23.3 Å². The van der Waals surface area contributed by atoms with Crippen molar-refractivity contribution in [1.82, 2.24) is 29.9 Å². The molecule has 58 heavy (non-hydrogen) atoms. The number of nitrogens with two attached hydrogens (primary N) is 2. The van der Waals surface area contributed by atoms with Crippen LogP contribution in [0.5, 0.6) is 0 Å². The number of aromatic nitrogens is 6. The van der Waals surface area contributed by atoms with Crippen LogP contribution in [0.1, 0.15) is 24.0 Å². The van der Waals surface area contributed by atoms with Crippen molar-refractivity contribution in [2.24, 2.45) is 11.8 Å². The van der Waals surface area contributed by atoms with E-state index in [2.05, 4.69) is 50.2 Å². The number of amides is 2. The van der Waals surface area contributed by atoms with Gasteiger partial charge in [-0.05, 0) is 71.1 Å². The molecule has 2 saturated carbocycles. The summed E-state index contributed by atoms with van der Waals surface area (Å²) in [6, 6.07) is 10.8. The molecule has 0 spiro atoms. The topological polar surface area (TPSA) is 215 Å². The molecule has 6 heterocycles. The summed E-state index contributed by atoms with van der Waals surface area (Å²) < 4.78 is 10.4. The maximum atomic E-state index is 12.2. The minimum absolute atomic E-state index is 0.172. The number of rotatable bonds is 12. The van der Waals surface area contributed by atoms with Crippen LogP contribution in [-0.4, -0.2) is 81.2 Å². The number of nitrogens with one attached hydrogen (secondary N) is 2. The smallest absolute Gasteiger partial charge is 0.236 e. The third kappa shape index (κ3) is 8.79. The van der Waals surface area contributed by atoms with Gasteiger partial charge in [0.25, 0.3) is 0 Å². The number of ether oxygens (including phenoxy) is 2. The Hall–Kier alpha value is -7.14. The van der Waals surface area contributed by atoms with Gasteiger partial charge in [0.05, 0.1) is 24.6 Å². The van der Waals surface area contributed by atoms with Crippen molar-refractivity contribution in [1.29, 1.82) is 0 Å². The summed E-state index contributed by atoms with van der Waals surface area (Å²) in [5.74, 6) is 0.743. The maximum Gasteiger partial charge on any atom is 0.236 e. The van der Waals surface area contributed by atoms with Gasteiger partial charge in [-0.15, -0.1) is 0 Å². The fourth-order valence-electron chi connectivity index (χ4n) is 6.58. The van der Waals surface area contributed by atoms with E-state index in [1.54, 1.807) is 63.5 Å². The normalized spacial score (nSPS) is 17.7. The van der Waals surface area contributed by atoms with Crippen LogP contribution in [0.3, 0.4) is 0 Å². The molecule has 6 aromatic heterocycles. The molecule has 0 radical (unpaired) electrons. The molecule has 0 aliphatic heterocycles. The SMILES string of the molecule is [C-]#[N+][C@@H]1C[C@H]1C(=O)Nc1cc2cc(-c3cnccc3CCOC)nc(N)c2cn1.[C-]#[N+][C@H]1C[C@@H]1C(=O)Nc1cc2cc(-c3cnccc3CCOC)nc(N)c2cn1. The van der Waals surface area contributed by atoms with Gasteiger partial charge in [0, 0.05) is 86.1 Å². The third-order valence-electron chi connectivity index (χ3n) is 10.0. The summed E-state index contributed by atoms with van der Waals surface area (Å²) in [6.07, 6.45) is 12.9. The monoisotopic (exact) mass is 776 g/mol. The Morgan fingerprint density at radius 3 is 1.52 bits per heavy atom. The fraction of sp³-hybridized carbons (Fsp3) is 0.286. The first kappa shape index (κ1) is 39.1. The number of nitrogen functional groups attached to an aromatic ring is 2. The molecule has 2 fully saturated rings. The molecular weight excluding hydrogens is 737 g/mol. The summed E-state index contributed by atoms with van der Waals surface area (Å²) in [4.78, 5) is 57.3. The number of anilines is 4. The summed E-state index contributed by atoms with van der Waals surface area (Å²) in [7, 11) is 3.33. The van der Waals surface area contributed by atoms with Gasteiger partial charge in [-0.2, -0.15) is 0 Å². The van der Waals surface area contributed by atoms with Gasteiger partial charge in [-0.25, -0.2) is 33.1 Å². The predicted octanol–water partition coefficient (Wildman–Crippen LogP) is 5.42. The lowest BCUT2D eigenvalue weighted by Crippen LogP contribution is -2.16. The quantitative estimate of drug-likeness (QED) is 0.115. The van der Waals surface area contributed by atoms with Gasteiger partial charge in [0.15, 0.2) is 0 Å². The molecule has 0 saturated heterocycles. The van der Waals surface area contributed by atoms with Crippen molar-refractivity contribution < 1.29 is 19.1 Å². The minimum Gasteiger partial charge on any atom is -0.384 e. The van der Waals surface area contributed by atoms with Gasteiger partial charge in [0.2, 0.25) is 23.9 Å². The Balaban J connectivity index is 0.000000177. The molecule has 16 heteroatoms. The van der Waals surface area contributed by atoms with Crippen molar-refractivity contribution in [3.8, 4) is 22.5 Å². The molecule has 2 amide bonds. The van der Waals surface area contributed by atoms with Crippen LogP contribution in [0.2, 0.25) is 0 Å². The first-order valence-electron chi connectivity index (χ1n) is 18.5. The summed E-state index contributed by atoms with van der Waals surface area (Å²) >= 11 is 0. The Morgan fingerprint density at radius 1 is 0.707 bits per heavy atom. The van der Waals surface area contributed by atoms with E-state index in [1.807, 2.05) is 24.3 Å². The lowest BCUT2D eigenvalue weighted by atomic mass is 10.0. The molecule has 8 rings (SSSR count). The molecule has 0 aromatic carbocycles. The van der Waals surface area contributed by atoms with Gasteiger partial charge in [-0.3, -0.25) is 19.6 Å². The zero-order valence-electron chi connectivity index (χ0n) is 31.8. The van der Waals surface area contributed by atoms with Crippen LogP contribution in [-0.2, 0) is 31.9 Å². The van der Waals surface area contributed by atoms with Crippen LogP contribution in [0.25, 0.3) is 53.7 Å². The van der Waals surface area contributed by atoms with Crippen molar-refractivity contribution in [2.45, 2.75) is 37.8 Å². The fourth-order valence-corrected chi connectivity index (χ4v) is 6.58. The number of carbonyl (C=O) groups excluding carboxylic acids is 2. The molecule has 0 unspecified atom stereocenters. The summed E-state index contributed by atoms with van der Waals surface area (Å²) in [5, 5.41) is 8.64. The number of carbonyl (C=O) groups is 2. The second-order valence-corrected chi connectivity index (χ2v) is 14.0. The molecular formula is C42H40N12O4. The molecule has 2 aliphatic carbocycles. The Bertz CT molecular complexity index is 2430. The number of pyridine rings is 6. The van der Waals surface area contributed by atoms with Crippen LogP contribution >= 0.6 is 0 Å². The average molecular weight is 777 g/mol. The molecule has 0 bridgehead atoms. The average Bonchev–Trinajstić information content (AvgIpc) is 4.18. The summed E-state index contributed by atoms with van der Waals surface area (Å²) in [6.45, 7) is 15.2. The lowest BCUT2D eigenvalue weighted by molar-refractivity contribution is -0.118. The Kier molecular flexibility index (Phi) is 11.7. The zero-order chi connectivity index (χ0) is 40.8. The van der Waals surface area contributed by atoms with Crippen LogP contribution in [0, 0.1) is 25.0 Å². The second-order valence-electron chi connectivity index (χ2n) is 14.0. The van der Waals surface area contributed by atoms with Gasteiger partial charge in [0.1, 0.15) is 35.1 Å². The predicted molar refractivity (Wildman–Crippen MR) is 220 cm³/mol. The Morgan fingerprint density at radius 2 is 1.14 bits per heavy atom. The number of nitrogens with zero attached hydrogens (tertiary/aromatic N) is 8. The lowest BCUT2D eigenvalue weighted by Gasteiger charge is -2.11. The number of hydrogen-bond acceptors (Lipinski definition) is 12. The highest BCUT2D eigenvalue weighted by Crippen LogP contribution is 2.36. The maximum absolute atomic E-state index is 12.2. The van der Waals surface area contributed by atoms with Crippen molar-refractivity contribution >= 4 is 56.6 Å². The van der Waals surface area contributed by atoms with Crippen LogP contribution in [0.15, 0.2) is 73.6 Å². The van der Waals surface area contributed by atoms with E-state index in [-0.39, 0.29) is 35.7 Å². The van der Waals surface area contributed by atoms with E-state index in [0.29, 0.717) is 71.5 Å². The van der Waals surface area contributed by atoms with Crippen molar-refractivity contribution in [3.05, 3.63) is 108 Å². The largest absolute Gasteiger partial charge is 0.384 e. The van der Waals surface area contributed by atoms with Gasteiger partial charge >= 0.3 is 0 Å².